The number of unbranched alkanes of at least 4 members (excludes halogenated alkanes) is 2. The van der Waals surface area contributed by atoms with E-state index in [4.69, 9.17) is 9.78 Å². The minimum Gasteiger partial charge on any atom is -0.293 e. The highest BCUT2D eigenvalue weighted by atomic mass is 17.2. The smallest absolute Gasteiger partial charge is 0.293 e. The van der Waals surface area contributed by atoms with Gasteiger partial charge in [-0.3, -0.25) is 4.89 Å². The molecule has 0 N–H and O–H groups in total. The lowest BCUT2D eigenvalue weighted by Crippen LogP contribution is -2.31. The van der Waals surface area contributed by atoms with Gasteiger partial charge in [0.25, 0.3) is 0 Å². The molecule has 1 aliphatic carbocycles. The van der Waals surface area contributed by atoms with Crippen molar-refractivity contribution in [3.63, 3.8) is 0 Å². The number of carbonyl (C=O) groups excluding carboxylic acids is 1. The fourth-order valence-corrected chi connectivity index (χ4v) is 3.21. The maximum Gasteiger partial charge on any atom is 0.373 e. The molecule has 3 heteroatoms. The summed E-state index contributed by atoms with van der Waals surface area (Å²) < 4.78 is 0. The Labute approximate surface area is 140 Å². The van der Waals surface area contributed by atoms with E-state index in [1.54, 1.807) is 0 Å². The van der Waals surface area contributed by atoms with Crippen molar-refractivity contribution in [2.45, 2.75) is 71.8 Å². The first-order chi connectivity index (χ1) is 11.1. The first-order valence-electron chi connectivity index (χ1n) is 9.08. The highest BCUT2D eigenvalue weighted by molar-refractivity contribution is 5.88. The third-order valence-electron chi connectivity index (χ3n) is 5.14. The topological polar surface area (TPSA) is 35.5 Å². The zero-order valence-electron chi connectivity index (χ0n) is 14.7. The molecule has 0 aromatic heterocycles. The summed E-state index contributed by atoms with van der Waals surface area (Å²) in [6.07, 6.45) is 8.09. The third kappa shape index (κ3) is 5.35. The number of hydrogen-bond donors (Lipinski definition) is 0. The van der Waals surface area contributed by atoms with Crippen LogP contribution < -0.4 is 0 Å². The Kier molecular flexibility index (Phi) is 7.10. The first-order valence-corrected chi connectivity index (χ1v) is 9.08. The highest BCUT2D eigenvalue weighted by Crippen LogP contribution is 2.31. The molecule has 0 aliphatic heterocycles. The van der Waals surface area contributed by atoms with E-state index < -0.39 is 5.97 Å². The van der Waals surface area contributed by atoms with Crippen LogP contribution in [0.4, 0.5) is 0 Å². The SMILES string of the molecule is CCCCCc1ccc(C(=O)OOC2CCCC(C)C2C)cc1. The van der Waals surface area contributed by atoms with E-state index >= 15 is 0 Å². The highest BCUT2D eigenvalue weighted by Gasteiger charge is 2.29. The van der Waals surface area contributed by atoms with Gasteiger partial charge in [-0.15, -0.1) is 0 Å². The largest absolute Gasteiger partial charge is 0.373 e. The minimum absolute atomic E-state index is 0.0241. The number of rotatable bonds is 7. The van der Waals surface area contributed by atoms with Gasteiger partial charge in [0.1, 0.15) is 6.10 Å². The standard InChI is InChI=1S/C20H30O3/c1-4-5-6-9-17-11-13-18(14-12-17)20(21)23-22-19-10-7-8-15(2)16(19)3/h11-16,19H,4-10H2,1-3H3. The van der Waals surface area contributed by atoms with E-state index in [1.807, 2.05) is 24.3 Å². The number of carbonyl (C=O) groups is 1. The number of hydrogen-bond acceptors (Lipinski definition) is 3. The average molecular weight is 318 g/mol. The molecule has 0 saturated heterocycles. The second-order valence-corrected chi connectivity index (χ2v) is 6.93. The molecule has 1 aromatic carbocycles. The maximum absolute atomic E-state index is 12.1. The Morgan fingerprint density at radius 1 is 1.13 bits per heavy atom. The molecule has 0 bridgehead atoms. The van der Waals surface area contributed by atoms with Gasteiger partial charge in [0.2, 0.25) is 0 Å². The van der Waals surface area contributed by atoms with Crippen molar-refractivity contribution in [2.75, 3.05) is 0 Å². The lowest BCUT2D eigenvalue weighted by atomic mass is 9.80. The zero-order valence-corrected chi connectivity index (χ0v) is 14.7. The Hall–Kier alpha value is -1.35. The van der Waals surface area contributed by atoms with Gasteiger partial charge in [0.05, 0.1) is 5.56 Å². The molecule has 3 atom stereocenters. The van der Waals surface area contributed by atoms with Crippen LogP contribution in [-0.4, -0.2) is 12.1 Å². The van der Waals surface area contributed by atoms with E-state index in [0.717, 1.165) is 19.3 Å². The van der Waals surface area contributed by atoms with Crippen molar-refractivity contribution in [3.8, 4) is 0 Å². The van der Waals surface area contributed by atoms with E-state index in [0.29, 0.717) is 17.4 Å². The summed E-state index contributed by atoms with van der Waals surface area (Å²) in [4.78, 5) is 22.6. The molecule has 1 saturated carbocycles. The van der Waals surface area contributed by atoms with Crippen LogP contribution in [0.1, 0.15) is 75.2 Å². The number of benzene rings is 1. The molecule has 0 amide bonds. The minimum atomic E-state index is -0.393. The molecule has 1 fully saturated rings. The van der Waals surface area contributed by atoms with Gasteiger partial charge in [-0.25, -0.2) is 4.79 Å². The molecule has 1 aromatic rings. The zero-order chi connectivity index (χ0) is 16.7. The van der Waals surface area contributed by atoms with Crippen LogP contribution >= 0.6 is 0 Å². The summed E-state index contributed by atoms with van der Waals surface area (Å²) in [5.74, 6) is 0.655. The Bertz CT molecular complexity index is 480. The van der Waals surface area contributed by atoms with Gasteiger partial charge < -0.3 is 0 Å². The van der Waals surface area contributed by atoms with Crippen LogP contribution in [0.2, 0.25) is 0 Å². The molecule has 3 unspecified atom stereocenters. The van der Waals surface area contributed by atoms with Gasteiger partial charge in [0, 0.05) is 0 Å². The predicted octanol–water partition coefficient (Wildman–Crippen LogP) is 5.33. The molecule has 0 heterocycles. The van der Waals surface area contributed by atoms with Gasteiger partial charge in [0.15, 0.2) is 0 Å². The van der Waals surface area contributed by atoms with Crippen molar-refractivity contribution in [1.82, 2.24) is 0 Å². The van der Waals surface area contributed by atoms with Crippen LogP contribution in [0.5, 0.6) is 0 Å². The lowest BCUT2D eigenvalue weighted by Gasteiger charge is -2.32. The third-order valence-corrected chi connectivity index (χ3v) is 5.14. The van der Waals surface area contributed by atoms with Gasteiger partial charge in [-0.1, -0.05) is 58.6 Å². The van der Waals surface area contributed by atoms with Crippen LogP contribution in [0.3, 0.4) is 0 Å². The van der Waals surface area contributed by atoms with Crippen LogP contribution in [0, 0.1) is 11.8 Å². The van der Waals surface area contributed by atoms with Crippen molar-refractivity contribution >= 4 is 5.97 Å². The van der Waals surface area contributed by atoms with Crippen molar-refractivity contribution in [2.24, 2.45) is 11.8 Å². The second-order valence-electron chi connectivity index (χ2n) is 6.93. The molecule has 3 nitrogen and oxygen atoms in total. The average Bonchev–Trinajstić information content (AvgIpc) is 2.57. The molecular formula is C20H30O3. The van der Waals surface area contributed by atoms with E-state index in [-0.39, 0.29) is 6.10 Å². The fourth-order valence-electron chi connectivity index (χ4n) is 3.21. The van der Waals surface area contributed by atoms with Crippen molar-refractivity contribution in [1.29, 1.82) is 0 Å². The van der Waals surface area contributed by atoms with E-state index in [1.165, 1.54) is 31.2 Å². The number of aryl methyl sites for hydroxylation is 1. The molecule has 23 heavy (non-hydrogen) atoms. The first kappa shape index (κ1) is 18.0. The van der Waals surface area contributed by atoms with Gasteiger partial charge in [-0.05, 0) is 48.8 Å². The van der Waals surface area contributed by atoms with Crippen molar-refractivity contribution < 1.29 is 14.6 Å². The Balaban J connectivity index is 1.81. The molecule has 128 valence electrons. The summed E-state index contributed by atoms with van der Waals surface area (Å²) >= 11 is 0. The van der Waals surface area contributed by atoms with Crippen LogP contribution in [-0.2, 0) is 16.2 Å². The van der Waals surface area contributed by atoms with Crippen LogP contribution in [0.25, 0.3) is 0 Å². The predicted molar refractivity (Wildman–Crippen MR) is 92.1 cm³/mol. The van der Waals surface area contributed by atoms with E-state index in [2.05, 4.69) is 20.8 Å². The molecule has 1 aliphatic rings. The molecule has 2 rings (SSSR count). The normalized spacial score (nSPS) is 24.4. The summed E-state index contributed by atoms with van der Waals surface area (Å²) in [7, 11) is 0. The summed E-state index contributed by atoms with van der Waals surface area (Å²) in [6.45, 7) is 6.61. The Morgan fingerprint density at radius 2 is 1.87 bits per heavy atom. The quantitative estimate of drug-likeness (QED) is 0.387. The lowest BCUT2D eigenvalue weighted by molar-refractivity contribution is -0.292. The van der Waals surface area contributed by atoms with Crippen molar-refractivity contribution in [3.05, 3.63) is 35.4 Å². The fraction of sp³-hybridized carbons (Fsp3) is 0.650. The second kappa shape index (κ2) is 9.07. The molecule has 0 spiro atoms. The summed E-state index contributed by atoms with van der Waals surface area (Å²) in [5.41, 5.74) is 1.83. The molecular weight excluding hydrogens is 288 g/mol. The van der Waals surface area contributed by atoms with E-state index in [9.17, 15) is 4.79 Å². The molecule has 0 radical (unpaired) electrons. The monoisotopic (exact) mass is 318 g/mol. The summed E-state index contributed by atoms with van der Waals surface area (Å²) in [6, 6.07) is 7.69. The maximum atomic E-state index is 12.1. The summed E-state index contributed by atoms with van der Waals surface area (Å²) in [5, 5.41) is 0. The van der Waals surface area contributed by atoms with Gasteiger partial charge >= 0.3 is 5.97 Å². The van der Waals surface area contributed by atoms with Crippen LogP contribution in [0.15, 0.2) is 24.3 Å². The van der Waals surface area contributed by atoms with Gasteiger partial charge in [-0.2, -0.15) is 4.89 Å². The Morgan fingerprint density at radius 3 is 2.57 bits per heavy atom.